The van der Waals surface area contributed by atoms with Gasteiger partial charge < -0.3 is 14.5 Å². The molecule has 0 aliphatic carbocycles. The maximum absolute atomic E-state index is 6.60. The molecular weight excluding hydrogens is 432 g/mol. The fourth-order valence-electron chi connectivity index (χ4n) is 5.96. The van der Waals surface area contributed by atoms with E-state index in [1.807, 2.05) is 0 Å². The fraction of sp³-hybridized carbons (Fsp3) is 0. The molecule has 0 aromatic heterocycles. The molecule has 0 N–H and O–H groups in total. The highest BCUT2D eigenvalue weighted by atomic mass is 28.3. The molecule has 3 aliphatic rings. The summed E-state index contributed by atoms with van der Waals surface area (Å²) in [7, 11) is -1.75. The van der Waals surface area contributed by atoms with Crippen LogP contribution < -0.4 is 30.1 Å². The second-order valence-electron chi connectivity index (χ2n) is 8.96. The molecule has 0 bridgehead atoms. The molecule has 0 amide bonds. The molecule has 3 heterocycles. The zero-order chi connectivity index (χ0) is 22.2. The summed E-state index contributed by atoms with van der Waals surface area (Å²) in [6, 6.07) is 41.2. The van der Waals surface area contributed by atoms with Crippen LogP contribution in [0.2, 0.25) is 0 Å². The van der Waals surface area contributed by atoms with Crippen LogP contribution in [0.1, 0.15) is 0 Å². The normalized spacial score (nSPS) is 14.5. The van der Waals surface area contributed by atoms with Crippen molar-refractivity contribution in [3.8, 4) is 11.5 Å². The number of rotatable bonds is 2. The lowest BCUT2D eigenvalue weighted by atomic mass is 10.1. The Balaban J connectivity index is 1.52. The van der Waals surface area contributed by atoms with Crippen LogP contribution in [-0.4, -0.2) is 8.80 Å². The Morgan fingerprint density at radius 3 is 1.29 bits per heavy atom. The van der Waals surface area contributed by atoms with Crippen molar-refractivity contribution in [3.05, 3.63) is 115 Å². The third-order valence-electron chi connectivity index (χ3n) is 7.22. The van der Waals surface area contributed by atoms with E-state index >= 15 is 0 Å². The van der Waals surface area contributed by atoms with Crippen LogP contribution in [0, 0.1) is 0 Å². The average molecular weight is 453 g/mol. The molecular formula is C30H20N2OSi. The van der Waals surface area contributed by atoms with Crippen molar-refractivity contribution in [2.24, 2.45) is 0 Å². The molecule has 0 radical (unpaired) electrons. The minimum absolute atomic E-state index is 1.01. The van der Waals surface area contributed by atoms with E-state index in [1.165, 1.54) is 49.7 Å². The third-order valence-corrected chi connectivity index (χ3v) is 10.7. The molecule has 3 aliphatic heterocycles. The van der Waals surface area contributed by atoms with Crippen LogP contribution in [0.4, 0.5) is 34.1 Å². The molecule has 34 heavy (non-hydrogen) atoms. The molecule has 0 unspecified atom stereocenters. The van der Waals surface area contributed by atoms with Crippen LogP contribution in [0.5, 0.6) is 11.5 Å². The van der Waals surface area contributed by atoms with Crippen molar-refractivity contribution in [2.75, 3.05) is 9.80 Å². The van der Waals surface area contributed by atoms with E-state index in [2.05, 4.69) is 125 Å². The molecule has 0 spiro atoms. The molecule has 0 saturated heterocycles. The molecule has 4 heteroatoms. The minimum atomic E-state index is -1.75. The molecule has 0 atom stereocenters. The van der Waals surface area contributed by atoms with E-state index in [9.17, 15) is 0 Å². The van der Waals surface area contributed by atoms with Gasteiger partial charge >= 0.3 is 0 Å². The number of benzene rings is 5. The van der Waals surface area contributed by atoms with Crippen molar-refractivity contribution in [2.45, 2.75) is 0 Å². The molecule has 3 nitrogen and oxygen atoms in total. The van der Waals surface area contributed by atoms with Crippen molar-refractivity contribution in [1.29, 1.82) is 0 Å². The third kappa shape index (κ3) is 2.25. The lowest BCUT2D eigenvalue weighted by Crippen LogP contribution is -2.63. The Morgan fingerprint density at radius 2 is 0.824 bits per heavy atom. The summed E-state index contributed by atoms with van der Waals surface area (Å²) in [6.45, 7) is 0. The van der Waals surface area contributed by atoms with Crippen LogP contribution in [0.3, 0.4) is 0 Å². The summed E-state index contributed by atoms with van der Waals surface area (Å²) >= 11 is 0. The fourth-order valence-corrected chi connectivity index (χ4v) is 9.79. The summed E-state index contributed by atoms with van der Waals surface area (Å²) in [6.07, 6.45) is 0. The molecule has 5 aromatic rings. The van der Waals surface area contributed by atoms with Gasteiger partial charge in [-0.15, -0.1) is 0 Å². The first-order valence-electron chi connectivity index (χ1n) is 11.7. The monoisotopic (exact) mass is 452 g/mol. The van der Waals surface area contributed by atoms with Crippen molar-refractivity contribution in [3.63, 3.8) is 0 Å². The Hall–Kier alpha value is -4.28. The van der Waals surface area contributed by atoms with Gasteiger partial charge in [0.15, 0.2) is 8.80 Å². The van der Waals surface area contributed by atoms with Gasteiger partial charge in [-0.1, -0.05) is 54.6 Å². The lowest BCUT2D eigenvalue weighted by molar-refractivity contribution is 0.487. The predicted molar refractivity (Wildman–Crippen MR) is 142 cm³/mol. The molecule has 0 fully saturated rings. The SMILES string of the molecule is c1ccc(N2c3cccc4c3[SiH]3c5c(cccc5N(c5ccccc5)c5cccc2c53)O4)cc1. The number of anilines is 6. The van der Waals surface area contributed by atoms with Crippen molar-refractivity contribution in [1.82, 2.24) is 0 Å². The first kappa shape index (κ1) is 18.2. The van der Waals surface area contributed by atoms with Gasteiger partial charge in [-0.05, 0) is 65.9 Å². The highest BCUT2D eigenvalue weighted by Crippen LogP contribution is 2.47. The maximum atomic E-state index is 6.60. The Bertz CT molecular complexity index is 1480. The lowest BCUT2D eigenvalue weighted by Gasteiger charge is -2.46. The number of ether oxygens (including phenoxy) is 1. The van der Waals surface area contributed by atoms with Gasteiger partial charge in [0.05, 0.1) is 0 Å². The first-order valence-corrected chi connectivity index (χ1v) is 13.4. The van der Waals surface area contributed by atoms with E-state index in [0.29, 0.717) is 0 Å². The minimum Gasteiger partial charge on any atom is -0.457 e. The van der Waals surface area contributed by atoms with Crippen LogP contribution in [0.15, 0.2) is 115 Å². The topological polar surface area (TPSA) is 15.7 Å². The van der Waals surface area contributed by atoms with Gasteiger partial charge in [0.25, 0.3) is 0 Å². The van der Waals surface area contributed by atoms with Crippen LogP contribution >= 0.6 is 0 Å². The zero-order valence-electron chi connectivity index (χ0n) is 18.3. The Labute approximate surface area is 199 Å². The average Bonchev–Trinajstić information content (AvgIpc) is 2.90. The van der Waals surface area contributed by atoms with E-state index in [0.717, 1.165) is 11.5 Å². The number of hydrogen-bond acceptors (Lipinski definition) is 3. The van der Waals surface area contributed by atoms with Gasteiger partial charge in [0.1, 0.15) is 11.5 Å². The Kier molecular flexibility index (Phi) is 3.54. The molecule has 0 saturated carbocycles. The zero-order valence-corrected chi connectivity index (χ0v) is 19.5. The summed E-state index contributed by atoms with van der Waals surface area (Å²) in [5.41, 5.74) is 7.42. The Morgan fingerprint density at radius 1 is 0.412 bits per heavy atom. The molecule has 5 aromatic carbocycles. The number of hydrogen-bond donors (Lipinski definition) is 0. The van der Waals surface area contributed by atoms with Gasteiger partial charge in [-0.2, -0.15) is 0 Å². The maximum Gasteiger partial charge on any atom is 0.153 e. The molecule has 8 rings (SSSR count). The van der Waals surface area contributed by atoms with Gasteiger partial charge in [-0.3, -0.25) is 0 Å². The van der Waals surface area contributed by atoms with E-state index < -0.39 is 8.80 Å². The number of para-hydroxylation sites is 2. The van der Waals surface area contributed by atoms with Crippen LogP contribution in [0.25, 0.3) is 0 Å². The summed E-state index contributed by atoms with van der Waals surface area (Å²) in [5.74, 6) is 2.02. The van der Waals surface area contributed by atoms with Gasteiger partial charge in [0.2, 0.25) is 0 Å². The largest absolute Gasteiger partial charge is 0.457 e. The summed E-state index contributed by atoms with van der Waals surface area (Å²) in [5, 5.41) is 4.25. The summed E-state index contributed by atoms with van der Waals surface area (Å²) in [4.78, 5) is 4.85. The van der Waals surface area contributed by atoms with E-state index in [4.69, 9.17) is 4.74 Å². The predicted octanol–water partition coefficient (Wildman–Crippen LogP) is 5.61. The quantitative estimate of drug-likeness (QED) is 0.317. The highest BCUT2D eigenvalue weighted by molar-refractivity contribution is 7.01. The van der Waals surface area contributed by atoms with Crippen molar-refractivity contribution < 1.29 is 4.74 Å². The van der Waals surface area contributed by atoms with E-state index in [1.54, 1.807) is 0 Å². The standard InChI is InChI=1S/C30H20N2OSi/c1-3-10-20(11-4-1)31-22-14-7-15-23-28(22)34-29-24(31)16-8-18-26(29)33-27-19-9-17-25(30(27)34)32(23)21-12-5-2-6-13-21/h1-19,34H. The van der Waals surface area contributed by atoms with E-state index in [-0.39, 0.29) is 0 Å². The second-order valence-corrected chi connectivity index (χ2v) is 11.6. The van der Waals surface area contributed by atoms with Gasteiger partial charge in [-0.25, -0.2) is 0 Å². The molecule has 160 valence electrons. The van der Waals surface area contributed by atoms with Crippen LogP contribution in [-0.2, 0) is 0 Å². The van der Waals surface area contributed by atoms with Gasteiger partial charge in [0, 0.05) is 44.5 Å². The highest BCUT2D eigenvalue weighted by Gasteiger charge is 2.46. The first-order chi connectivity index (χ1) is 16.9. The van der Waals surface area contributed by atoms with Crippen molar-refractivity contribution >= 4 is 58.5 Å². The number of nitrogens with zero attached hydrogens (tertiary/aromatic N) is 2. The second kappa shape index (κ2) is 6.62. The summed E-state index contributed by atoms with van der Waals surface area (Å²) < 4.78 is 6.60. The smallest absolute Gasteiger partial charge is 0.153 e.